The number of nitrogens with zero attached hydrogens (tertiary/aromatic N) is 6. The standard InChI is InChI=1S/C55H72N8O9S2Si/c1-36(2)42-15-25-73-51(42)45-7-6-18-61(45)40-30-55(31-40)16-20-59(21-17-55)39-8-10-43(53(64)58-74(67,68)41-9-11-44(47(29-41)63(65)66)56-32-37-13-22-69-23-14-37)46(28-39)62-48-27-38-12-19-60(35-70-24-26-75(3,4)5)52(38)57-54(48)72-50-34-71-33-49(50)62/h8-12,15,19,25,27-29,36-37,40,45,49-50,56H,6-7,13-14,16-18,20-24,26,30-35H2,1-5H3,(H,58,64)/t45-,49+,50+/m0/s1. The molecule has 1 saturated carbocycles. The molecule has 5 aromatic rings. The number of thiophene rings is 1. The van der Waals surface area contributed by atoms with E-state index in [4.69, 9.17) is 23.9 Å². The zero-order valence-electron chi connectivity index (χ0n) is 43.9. The first-order valence-corrected chi connectivity index (χ1v) is 33.1. The van der Waals surface area contributed by atoms with Crippen molar-refractivity contribution >= 4 is 74.8 Å². The van der Waals surface area contributed by atoms with Crippen LogP contribution in [0.2, 0.25) is 25.7 Å². The Bertz CT molecular complexity index is 3030. The molecular formula is C55H72N8O9S2Si. The van der Waals surface area contributed by atoms with Crippen molar-refractivity contribution in [1.29, 1.82) is 0 Å². The fourth-order valence-electron chi connectivity index (χ4n) is 12.4. The number of hydrogen-bond donors (Lipinski definition) is 2. The van der Waals surface area contributed by atoms with Gasteiger partial charge in [-0.2, -0.15) is 4.98 Å². The first kappa shape index (κ1) is 52.0. The maximum Gasteiger partial charge on any atom is 0.293 e. The zero-order chi connectivity index (χ0) is 52.2. The lowest BCUT2D eigenvalue weighted by atomic mass is 9.60. The van der Waals surface area contributed by atoms with E-state index in [9.17, 15) is 23.3 Å². The van der Waals surface area contributed by atoms with E-state index in [0.29, 0.717) is 92.6 Å². The number of rotatable bonds is 17. The normalized spacial score (nSPS) is 22.3. The van der Waals surface area contributed by atoms with E-state index in [1.54, 1.807) is 10.9 Å². The molecule has 2 N–H and O–H groups in total. The molecule has 1 aliphatic carbocycles. The van der Waals surface area contributed by atoms with Crippen LogP contribution in [-0.2, 0) is 31.0 Å². The number of fused-ring (bicyclic) bond motifs is 3. The summed E-state index contributed by atoms with van der Waals surface area (Å²) in [7, 11) is -5.90. The highest BCUT2D eigenvalue weighted by molar-refractivity contribution is 7.90. The predicted octanol–water partition coefficient (Wildman–Crippen LogP) is 10.3. The molecule has 8 heterocycles. The van der Waals surface area contributed by atoms with Gasteiger partial charge in [-0.3, -0.25) is 19.8 Å². The van der Waals surface area contributed by atoms with E-state index >= 15 is 0 Å². The van der Waals surface area contributed by atoms with Gasteiger partial charge in [0.1, 0.15) is 29.9 Å². The van der Waals surface area contributed by atoms with Gasteiger partial charge in [0.15, 0.2) is 0 Å². The number of amides is 1. The van der Waals surface area contributed by atoms with Gasteiger partial charge in [0.05, 0.1) is 40.3 Å². The Labute approximate surface area is 445 Å². The van der Waals surface area contributed by atoms with Crippen LogP contribution in [0.4, 0.5) is 28.4 Å². The van der Waals surface area contributed by atoms with Crippen molar-refractivity contribution in [3.63, 3.8) is 0 Å². The summed E-state index contributed by atoms with van der Waals surface area (Å²) in [6.07, 6.45) is 10.2. The Balaban J connectivity index is 0.881. The molecule has 0 radical (unpaired) electrons. The molecular weight excluding hydrogens is 1010 g/mol. The average molecular weight is 1080 g/mol. The van der Waals surface area contributed by atoms with Crippen molar-refractivity contribution in [3.8, 4) is 5.88 Å². The number of nitro benzene ring substituents is 1. The third-order valence-electron chi connectivity index (χ3n) is 16.8. The summed E-state index contributed by atoms with van der Waals surface area (Å²) in [4.78, 5) is 40.1. The highest BCUT2D eigenvalue weighted by Gasteiger charge is 2.50. The van der Waals surface area contributed by atoms with E-state index in [1.165, 1.54) is 43.4 Å². The van der Waals surface area contributed by atoms with Gasteiger partial charge >= 0.3 is 0 Å². The number of hydrogen-bond acceptors (Lipinski definition) is 15. The Hall–Kier alpha value is -5.09. The second-order valence-electron chi connectivity index (χ2n) is 23.3. The number of sulfonamides is 1. The van der Waals surface area contributed by atoms with Gasteiger partial charge < -0.3 is 38.6 Å². The second-order valence-corrected chi connectivity index (χ2v) is 31.6. The summed E-state index contributed by atoms with van der Waals surface area (Å²) in [5.74, 6) is 0.288. The molecule has 2 aromatic carbocycles. The highest BCUT2D eigenvalue weighted by atomic mass is 32.2. The number of likely N-dealkylation sites (tertiary alicyclic amines) is 1. The van der Waals surface area contributed by atoms with Crippen LogP contribution in [-0.4, -0.2) is 119 Å². The molecule has 5 fully saturated rings. The van der Waals surface area contributed by atoms with Crippen LogP contribution in [0.5, 0.6) is 5.88 Å². The number of pyridine rings is 1. The number of piperidine rings is 1. The smallest absolute Gasteiger partial charge is 0.293 e. The first-order chi connectivity index (χ1) is 36.0. The fraction of sp³-hybridized carbons (Fsp3) is 0.564. The number of aromatic nitrogens is 2. The van der Waals surface area contributed by atoms with Gasteiger partial charge in [-0.25, -0.2) is 13.1 Å². The number of nitro groups is 1. The fourth-order valence-corrected chi connectivity index (χ4v) is 15.4. The van der Waals surface area contributed by atoms with Crippen LogP contribution in [0.3, 0.4) is 0 Å². The number of carbonyl (C=O) groups is 1. The lowest BCUT2D eigenvalue weighted by Crippen LogP contribution is -2.54. The molecule has 75 heavy (non-hydrogen) atoms. The summed E-state index contributed by atoms with van der Waals surface area (Å²) >= 11 is 1.93. The maximum absolute atomic E-state index is 14.8. The number of ether oxygens (including phenoxy) is 4. The largest absolute Gasteiger partial charge is 0.468 e. The molecule has 3 aromatic heterocycles. The number of benzene rings is 2. The van der Waals surface area contributed by atoms with Crippen LogP contribution < -0.4 is 24.6 Å². The van der Waals surface area contributed by atoms with Crippen molar-refractivity contribution in [2.24, 2.45) is 11.3 Å². The molecule has 0 unspecified atom stereocenters. The monoisotopic (exact) mass is 1080 g/mol. The van der Waals surface area contributed by atoms with E-state index in [2.05, 4.69) is 64.8 Å². The van der Waals surface area contributed by atoms with Gasteiger partial charge in [0.2, 0.25) is 5.88 Å². The van der Waals surface area contributed by atoms with Crippen molar-refractivity contribution in [3.05, 3.63) is 92.3 Å². The number of anilines is 4. The van der Waals surface area contributed by atoms with Crippen molar-refractivity contribution < 1.29 is 37.1 Å². The lowest BCUT2D eigenvalue weighted by Gasteiger charge is -2.56. The highest BCUT2D eigenvalue weighted by Crippen LogP contribution is 2.55. The van der Waals surface area contributed by atoms with Crippen LogP contribution in [0.25, 0.3) is 11.0 Å². The summed E-state index contributed by atoms with van der Waals surface area (Å²) in [6.45, 7) is 17.8. The molecule has 0 bridgehead atoms. The third kappa shape index (κ3) is 10.7. The molecule has 11 rings (SSSR count). The van der Waals surface area contributed by atoms with Gasteiger partial charge in [0.25, 0.3) is 21.6 Å². The molecule has 20 heteroatoms. The first-order valence-electron chi connectivity index (χ1n) is 27.0. The Morgan fingerprint density at radius 3 is 2.55 bits per heavy atom. The van der Waals surface area contributed by atoms with Gasteiger partial charge in [0, 0.05) is 87.8 Å². The van der Waals surface area contributed by atoms with Crippen LogP contribution in [0.1, 0.15) is 98.0 Å². The Morgan fingerprint density at radius 2 is 1.79 bits per heavy atom. The Morgan fingerprint density at radius 1 is 0.987 bits per heavy atom. The van der Waals surface area contributed by atoms with Gasteiger partial charge in [-0.05, 0) is 141 Å². The summed E-state index contributed by atoms with van der Waals surface area (Å²) in [5.41, 5.74) is 4.44. The molecule has 1 spiro atoms. The van der Waals surface area contributed by atoms with E-state index in [-0.39, 0.29) is 23.2 Å². The van der Waals surface area contributed by atoms with E-state index < -0.39 is 45.6 Å². The summed E-state index contributed by atoms with van der Waals surface area (Å²) in [5, 5.41) is 18.6. The molecule has 5 aliphatic heterocycles. The molecule has 6 aliphatic rings. The topological polar surface area (TPSA) is 183 Å². The summed E-state index contributed by atoms with van der Waals surface area (Å²) < 4.78 is 57.0. The molecule has 1 amide bonds. The molecule has 3 atom stereocenters. The SMILES string of the molecule is CC(C)c1ccsc1[C@@H]1CCCN1C1CC2(CCN(c3ccc(C(=O)NS(=O)(=O)c4ccc(NCC5CCOCC5)c([N+](=O)[O-])c4)c(N4c5cc6ccn(COCC[Si](C)(C)C)c6nc5O[C@@H]5COC[C@H]54)c3)CC2)C1. The maximum atomic E-state index is 14.8. The summed E-state index contributed by atoms with van der Waals surface area (Å²) in [6, 6.07) is 17.4. The zero-order valence-corrected chi connectivity index (χ0v) is 46.6. The molecule has 402 valence electrons. The lowest BCUT2D eigenvalue weighted by molar-refractivity contribution is -0.384. The number of carbonyl (C=O) groups excluding carboxylic acids is 1. The van der Waals surface area contributed by atoms with Crippen LogP contribution in [0, 0.1) is 21.4 Å². The average Bonchev–Trinajstić information content (AvgIpc) is 4.23. The molecule has 17 nitrogen and oxygen atoms in total. The van der Waals surface area contributed by atoms with Crippen molar-refractivity contribution in [2.45, 2.75) is 133 Å². The van der Waals surface area contributed by atoms with Crippen LogP contribution in [0.15, 0.2) is 71.1 Å². The van der Waals surface area contributed by atoms with E-state index in [1.807, 2.05) is 51.3 Å². The predicted molar refractivity (Wildman–Crippen MR) is 295 cm³/mol. The second kappa shape index (κ2) is 21.0. The minimum Gasteiger partial charge on any atom is -0.468 e. The minimum atomic E-state index is -4.61. The quantitative estimate of drug-likeness (QED) is 0.0388. The van der Waals surface area contributed by atoms with Crippen molar-refractivity contribution in [2.75, 3.05) is 74.3 Å². The van der Waals surface area contributed by atoms with E-state index in [0.717, 1.165) is 68.5 Å². The van der Waals surface area contributed by atoms with Gasteiger partial charge in [-0.15, -0.1) is 11.3 Å². The third-order valence-corrected chi connectivity index (χ3v) is 20.9. The minimum absolute atomic E-state index is 0.111. The van der Waals surface area contributed by atoms with Gasteiger partial charge in [-0.1, -0.05) is 33.5 Å². The molecule has 4 saturated heterocycles. The van der Waals surface area contributed by atoms with Crippen LogP contribution >= 0.6 is 11.3 Å². The Kier molecular flexibility index (Phi) is 14.6. The van der Waals surface area contributed by atoms with Crippen molar-refractivity contribution in [1.82, 2.24) is 19.2 Å². The number of nitrogens with one attached hydrogen (secondary N) is 2.